The van der Waals surface area contributed by atoms with E-state index in [4.69, 9.17) is 0 Å². The molecule has 1 aromatic carbocycles. The number of nitrogens with zero attached hydrogens (tertiary/aromatic N) is 1. The maximum atomic E-state index is 11.7. The SMILES string of the molecule is CCCCCCC(C(=O)S)c1nc2ccccc2s1. The highest BCUT2D eigenvalue weighted by molar-refractivity contribution is 7.96. The molecule has 1 heterocycles. The Kier molecular flexibility index (Phi) is 5.40. The molecule has 0 aliphatic rings. The molecule has 0 aliphatic carbocycles. The first-order valence-corrected chi connectivity index (χ1v) is 8.07. The molecular formula is C15H19NOS2. The summed E-state index contributed by atoms with van der Waals surface area (Å²) in [7, 11) is 0. The molecule has 0 aliphatic heterocycles. The van der Waals surface area contributed by atoms with Crippen molar-refractivity contribution in [2.75, 3.05) is 0 Å². The van der Waals surface area contributed by atoms with Gasteiger partial charge in [-0.2, -0.15) is 0 Å². The molecule has 0 radical (unpaired) electrons. The lowest BCUT2D eigenvalue weighted by atomic mass is 10.0. The Morgan fingerprint density at radius 1 is 1.32 bits per heavy atom. The second-order valence-electron chi connectivity index (χ2n) is 4.76. The summed E-state index contributed by atoms with van der Waals surface area (Å²) in [4.78, 5) is 16.3. The molecule has 102 valence electrons. The molecule has 2 aromatic rings. The van der Waals surface area contributed by atoms with Crippen LogP contribution in [-0.4, -0.2) is 10.1 Å². The van der Waals surface area contributed by atoms with Crippen LogP contribution >= 0.6 is 24.0 Å². The second-order valence-corrected chi connectivity index (χ2v) is 6.26. The topological polar surface area (TPSA) is 30.0 Å². The predicted molar refractivity (Wildman–Crippen MR) is 85.1 cm³/mol. The quantitative estimate of drug-likeness (QED) is 0.586. The highest BCUT2D eigenvalue weighted by Crippen LogP contribution is 2.32. The zero-order valence-electron chi connectivity index (χ0n) is 11.1. The van der Waals surface area contributed by atoms with E-state index in [-0.39, 0.29) is 11.0 Å². The van der Waals surface area contributed by atoms with E-state index in [0.29, 0.717) is 0 Å². The molecule has 0 amide bonds. The summed E-state index contributed by atoms with van der Waals surface area (Å²) in [5, 5.41) is 0.855. The molecule has 0 bridgehead atoms. The first-order valence-electron chi connectivity index (χ1n) is 6.80. The van der Waals surface area contributed by atoms with Gasteiger partial charge in [0, 0.05) is 0 Å². The van der Waals surface area contributed by atoms with Crippen molar-refractivity contribution in [3.8, 4) is 0 Å². The fraction of sp³-hybridized carbons (Fsp3) is 0.467. The van der Waals surface area contributed by atoms with Gasteiger partial charge in [-0.3, -0.25) is 4.79 Å². The van der Waals surface area contributed by atoms with Gasteiger partial charge in [0.2, 0.25) is 0 Å². The van der Waals surface area contributed by atoms with Crippen molar-refractivity contribution < 1.29 is 4.79 Å². The van der Waals surface area contributed by atoms with Crippen molar-refractivity contribution in [1.82, 2.24) is 4.98 Å². The van der Waals surface area contributed by atoms with Gasteiger partial charge >= 0.3 is 0 Å². The van der Waals surface area contributed by atoms with E-state index in [1.54, 1.807) is 11.3 Å². The highest BCUT2D eigenvalue weighted by atomic mass is 32.1. The number of thiol groups is 1. The number of rotatable bonds is 7. The number of carbonyl (C=O) groups is 1. The van der Waals surface area contributed by atoms with Crippen LogP contribution in [0.4, 0.5) is 0 Å². The Labute approximate surface area is 123 Å². The molecule has 1 aromatic heterocycles. The Hall–Kier alpha value is -0.870. The van der Waals surface area contributed by atoms with E-state index in [0.717, 1.165) is 28.1 Å². The Morgan fingerprint density at radius 3 is 2.79 bits per heavy atom. The average molecular weight is 293 g/mol. The fourth-order valence-electron chi connectivity index (χ4n) is 2.17. The number of carbonyl (C=O) groups excluding carboxylic acids is 1. The van der Waals surface area contributed by atoms with Gasteiger partial charge < -0.3 is 0 Å². The predicted octanol–water partition coefficient (Wildman–Crippen LogP) is 4.81. The summed E-state index contributed by atoms with van der Waals surface area (Å²) in [5.41, 5.74) is 0.982. The number of unbranched alkanes of at least 4 members (excludes halogenated alkanes) is 3. The third kappa shape index (κ3) is 3.80. The fourth-order valence-corrected chi connectivity index (χ4v) is 3.61. The molecule has 0 fully saturated rings. The largest absolute Gasteiger partial charge is 0.287 e. The van der Waals surface area contributed by atoms with Gasteiger partial charge in [-0.1, -0.05) is 44.7 Å². The van der Waals surface area contributed by atoms with Gasteiger partial charge in [-0.15, -0.1) is 24.0 Å². The lowest BCUT2D eigenvalue weighted by molar-refractivity contribution is -0.112. The van der Waals surface area contributed by atoms with Gasteiger partial charge in [0.15, 0.2) is 5.12 Å². The van der Waals surface area contributed by atoms with Crippen molar-refractivity contribution in [2.45, 2.75) is 44.9 Å². The molecule has 4 heteroatoms. The van der Waals surface area contributed by atoms with E-state index >= 15 is 0 Å². The van der Waals surface area contributed by atoms with Crippen LogP contribution < -0.4 is 0 Å². The monoisotopic (exact) mass is 293 g/mol. The van der Waals surface area contributed by atoms with Crippen molar-refractivity contribution >= 4 is 39.3 Å². The summed E-state index contributed by atoms with van der Waals surface area (Å²) in [6.07, 6.45) is 5.55. The van der Waals surface area contributed by atoms with Crippen molar-refractivity contribution in [3.63, 3.8) is 0 Å². The normalized spacial score (nSPS) is 12.7. The smallest absolute Gasteiger partial charge is 0.195 e. The molecule has 0 saturated carbocycles. The average Bonchev–Trinajstić information content (AvgIpc) is 2.81. The van der Waals surface area contributed by atoms with Gasteiger partial charge in [0.25, 0.3) is 0 Å². The maximum Gasteiger partial charge on any atom is 0.195 e. The molecule has 0 saturated heterocycles. The molecule has 0 N–H and O–H groups in total. The zero-order chi connectivity index (χ0) is 13.7. The van der Waals surface area contributed by atoms with E-state index in [1.807, 2.05) is 24.3 Å². The Bertz CT molecular complexity index is 517. The van der Waals surface area contributed by atoms with Crippen molar-refractivity contribution in [2.24, 2.45) is 0 Å². The van der Waals surface area contributed by atoms with Crippen LogP contribution in [0.15, 0.2) is 24.3 Å². The summed E-state index contributed by atoms with van der Waals surface area (Å²) >= 11 is 5.66. The van der Waals surface area contributed by atoms with Crippen LogP contribution in [-0.2, 0) is 4.79 Å². The number of aromatic nitrogens is 1. The first kappa shape index (κ1) is 14.5. The lowest BCUT2D eigenvalue weighted by Crippen LogP contribution is -2.06. The minimum absolute atomic E-state index is 0.0597. The van der Waals surface area contributed by atoms with Crippen molar-refractivity contribution in [1.29, 1.82) is 0 Å². The molecule has 2 rings (SSSR count). The van der Waals surface area contributed by atoms with Crippen LogP contribution in [0.5, 0.6) is 0 Å². The van der Waals surface area contributed by atoms with E-state index < -0.39 is 0 Å². The zero-order valence-corrected chi connectivity index (χ0v) is 12.8. The van der Waals surface area contributed by atoms with Gasteiger partial charge in [0.1, 0.15) is 5.01 Å². The number of para-hydroxylation sites is 1. The van der Waals surface area contributed by atoms with Crippen LogP contribution in [0.3, 0.4) is 0 Å². The third-order valence-electron chi connectivity index (χ3n) is 3.25. The molecule has 2 nitrogen and oxygen atoms in total. The van der Waals surface area contributed by atoms with Crippen LogP contribution in [0, 0.1) is 0 Å². The van der Waals surface area contributed by atoms with Crippen LogP contribution in [0.2, 0.25) is 0 Å². The highest BCUT2D eigenvalue weighted by Gasteiger charge is 2.21. The van der Waals surface area contributed by atoms with Crippen LogP contribution in [0.25, 0.3) is 10.2 Å². The summed E-state index contributed by atoms with van der Waals surface area (Å²) in [5.74, 6) is -0.141. The number of hydrogen-bond acceptors (Lipinski definition) is 3. The van der Waals surface area contributed by atoms with Crippen molar-refractivity contribution in [3.05, 3.63) is 29.3 Å². The summed E-state index contributed by atoms with van der Waals surface area (Å²) in [6.45, 7) is 2.19. The third-order valence-corrected chi connectivity index (χ3v) is 4.71. The second kappa shape index (κ2) is 7.06. The van der Waals surface area contributed by atoms with E-state index in [2.05, 4.69) is 24.5 Å². The molecule has 1 unspecified atom stereocenters. The van der Waals surface area contributed by atoms with Gasteiger partial charge in [-0.05, 0) is 18.6 Å². The van der Waals surface area contributed by atoms with Gasteiger partial charge in [-0.25, -0.2) is 4.98 Å². The number of benzene rings is 1. The number of fused-ring (bicyclic) bond motifs is 1. The van der Waals surface area contributed by atoms with Crippen LogP contribution in [0.1, 0.15) is 50.0 Å². The standard InChI is InChI=1S/C15H19NOS2/c1-2-3-4-5-8-11(15(17)18)14-16-12-9-6-7-10-13(12)19-14/h6-7,9-11H,2-5,8H2,1H3,(H,17,18). The lowest BCUT2D eigenvalue weighted by Gasteiger charge is -2.09. The first-order chi connectivity index (χ1) is 9.22. The maximum absolute atomic E-state index is 11.7. The molecule has 0 spiro atoms. The summed E-state index contributed by atoms with van der Waals surface area (Å²) in [6, 6.07) is 8.02. The molecular weight excluding hydrogens is 274 g/mol. The molecule has 19 heavy (non-hydrogen) atoms. The van der Waals surface area contributed by atoms with E-state index in [1.165, 1.54) is 19.3 Å². The minimum atomic E-state index is -0.141. The van der Waals surface area contributed by atoms with E-state index in [9.17, 15) is 4.79 Å². The number of thiazole rings is 1. The summed E-state index contributed by atoms with van der Waals surface area (Å²) < 4.78 is 1.14. The minimum Gasteiger partial charge on any atom is -0.287 e. The Morgan fingerprint density at radius 2 is 2.11 bits per heavy atom. The number of hydrogen-bond donors (Lipinski definition) is 1. The van der Waals surface area contributed by atoms with Gasteiger partial charge in [0.05, 0.1) is 16.1 Å². The Balaban J connectivity index is 2.11. The molecule has 1 atom stereocenters.